The van der Waals surface area contributed by atoms with Crippen molar-refractivity contribution in [1.29, 1.82) is 0 Å². The van der Waals surface area contributed by atoms with Crippen molar-refractivity contribution in [3.63, 3.8) is 0 Å². The summed E-state index contributed by atoms with van der Waals surface area (Å²) >= 11 is 3.65. The predicted molar refractivity (Wildman–Crippen MR) is 66.8 cm³/mol. The number of halogens is 2. The van der Waals surface area contributed by atoms with Crippen LogP contribution in [-0.2, 0) is 0 Å². The second-order valence-corrected chi connectivity index (χ2v) is 5.60. The Hall–Kier alpha value is -0.570. The summed E-state index contributed by atoms with van der Waals surface area (Å²) in [5, 5.41) is 0. The number of hydrogen-bond acceptors (Lipinski definition) is 1. The van der Waals surface area contributed by atoms with Crippen LogP contribution in [-0.4, -0.2) is 11.9 Å². The summed E-state index contributed by atoms with van der Waals surface area (Å²) in [7, 11) is 1.51. The molecule has 16 heavy (non-hydrogen) atoms. The Morgan fingerprint density at radius 1 is 1.38 bits per heavy atom. The van der Waals surface area contributed by atoms with Crippen molar-refractivity contribution in [3.05, 3.63) is 29.6 Å². The normalized spacial score (nSPS) is 29.4. The fourth-order valence-electron chi connectivity index (χ4n) is 2.53. The van der Waals surface area contributed by atoms with Crippen LogP contribution in [0.3, 0.4) is 0 Å². The van der Waals surface area contributed by atoms with Crippen molar-refractivity contribution in [1.82, 2.24) is 0 Å². The molecule has 1 nitrogen and oxygen atoms in total. The van der Waals surface area contributed by atoms with Crippen molar-refractivity contribution >= 4 is 15.9 Å². The van der Waals surface area contributed by atoms with Crippen molar-refractivity contribution in [2.24, 2.45) is 5.92 Å². The monoisotopic (exact) mass is 286 g/mol. The molecule has 0 aliphatic heterocycles. The van der Waals surface area contributed by atoms with E-state index in [-0.39, 0.29) is 5.82 Å². The molecule has 3 atom stereocenters. The third-order valence-corrected chi connectivity index (χ3v) is 4.86. The number of ether oxygens (including phenoxy) is 1. The molecule has 0 saturated heterocycles. The molecular weight excluding hydrogens is 271 g/mol. The molecular formula is C13H16BrFO. The van der Waals surface area contributed by atoms with Crippen LogP contribution in [0, 0.1) is 11.7 Å². The highest BCUT2D eigenvalue weighted by molar-refractivity contribution is 9.09. The number of benzene rings is 1. The largest absolute Gasteiger partial charge is 0.494 e. The lowest BCUT2D eigenvalue weighted by Crippen LogP contribution is -2.10. The van der Waals surface area contributed by atoms with Crippen molar-refractivity contribution in [2.45, 2.75) is 30.5 Å². The summed E-state index contributed by atoms with van der Waals surface area (Å²) in [5.41, 5.74) is 0.800. The minimum Gasteiger partial charge on any atom is -0.494 e. The molecule has 0 N–H and O–H groups in total. The van der Waals surface area contributed by atoms with E-state index in [4.69, 9.17) is 4.74 Å². The molecule has 1 aliphatic carbocycles. The number of alkyl halides is 1. The summed E-state index contributed by atoms with van der Waals surface area (Å²) in [6.45, 7) is 2.18. The maximum atomic E-state index is 14.1. The Kier molecular flexibility index (Phi) is 3.53. The van der Waals surface area contributed by atoms with Gasteiger partial charge in [0.1, 0.15) is 0 Å². The molecule has 0 heterocycles. The van der Waals surface area contributed by atoms with E-state index in [2.05, 4.69) is 22.9 Å². The molecule has 1 saturated carbocycles. The zero-order chi connectivity index (χ0) is 11.7. The van der Waals surface area contributed by atoms with Crippen molar-refractivity contribution in [3.8, 4) is 5.75 Å². The Bertz CT molecular complexity index is 380. The fraction of sp³-hybridized carbons (Fsp3) is 0.538. The van der Waals surface area contributed by atoms with E-state index in [9.17, 15) is 4.39 Å². The molecule has 0 bridgehead atoms. The van der Waals surface area contributed by atoms with Gasteiger partial charge in [0, 0.05) is 4.83 Å². The van der Waals surface area contributed by atoms with Crippen LogP contribution >= 0.6 is 15.9 Å². The molecule has 0 radical (unpaired) electrons. The van der Waals surface area contributed by atoms with Gasteiger partial charge in [-0.05, 0) is 36.3 Å². The van der Waals surface area contributed by atoms with Crippen molar-refractivity contribution < 1.29 is 9.13 Å². The molecule has 88 valence electrons. The summed E-state index contributed by atoms with van der Waals surface area (Å²) in [6.07, 6.45) is 2.16. The molecule has 0 amide bonds. The van der Waals surface area contributed by atoms with Gasteiger partial charge in [0.25, 0.3) is 0 Å². The van der Waals surface area contributed by atoms with E-state index in [1.165, 1.54) is 7.11 Å². The molecule has 1 fully saturated rings. The highest BCUT2D eigenvalue weighted by atomic mass is 79.9. The first-order valence-corrected chi connectivity index (χ1v) is 6.53. The topological polar surface area (TPSA) is 9.23 Å². The van der Waals surface area contributed by atoms with Crippen LogP contribution < -0.4 is 4.74 Å². The van der Waals surface area contributed by atoms with Crippen LogP contribution in [0.25, 0.3) is 0 Å². The minimum absolute atomic E-state index is 0.191. The Labute approximate surface area is 104 Å². The molecule has 1 aromatic carbocycles. The lowest BCUT2D eigenvalue weighted by Gasteiger charge is -2.19. The quantitative estimate of drug-likeness (QED) is 0.744. The maximum absolute atomic E-state index is 14.1. The zero-order valence-corrected chi connectivity index (χ0v) is 11.1. The summed E-state index contributed by atoms with van der Waals surface area (Å²) in [5.74, 6) is 0.937. The summed E-state index contributed by atoms with van der Waals surface area (Å²) < 4.78 is 19.1. The van der Waals surface area contributed by atoms with Crippen molar-refractivity contribution in [2.75, 3.05) is 7.11 Å². The highest BCUT2D eigenvalue weighted by Crippen LogP contribution is 2.44. The Morgan fingerprint density at radius 2 is 2.12 bits per heavy atom. The Morgan fingerprint density at radius 3 is 2.69 bits per heavy atom. The lowest BCUT2D eigenvalue weighted by molar-refractivity contribution is 0.379. The lowest BCUT2D eigenvalue weighted by atomic mass is 9.90. The van der Waals surface area contributed by atoms with E-state index >= 15 is 0 Å². The van der Waals surface area contributed by atoms with Gasteiger partial charge in [0.05, 0.1) is 7.11 Å². The van der Waals surface area contributed by atoms with Gasteiger partial charge in [-0.2, -0.15) is 0 Å². The molecule has 0 aromatic heterocycles. The summed E-state index contributed by atoms with van der Waals surface area (Å²) in [4.78, 5) is 0.503. The van der Waals surface area contributed by atoms with E-state index in [1.807, 2.05) is 12.1 Å². The van der Waals surface area contributed by atoms with Gasteiger partial charge in [-0.15, -0.1) is 0 Å². The SMILES string of the molecule is COc1cccc(C2CCC(Br)C2C)c1F. The van der Waals surface area contributed by atoms with Gasteiger partial charge in [-0.1, -0.05) is 35.0 Å². The fourth-order valence-corrected chi connectivity index (χ4v) is 3.16. The first-order valence-electron chi connectivity index (χ1n) is 5.61. The molecule has 1 aromatic rings. The summed E-state index contributed by atoms with van der Waals surface area (Å²) in [6, 6.07) is 5.42. The van der Waals surface area contributed by atoms with E-state index in [0.717, 1.165) is 18.4 Å². The van der Waals surface area contributed by atoms with Crippen LogP contribution in [0.1, 0.15) is 31.2 Å². The van der Waals surface area contributed by atoms with Crippen LogP contribution in [0.4, 0.5) is 4.39 Å². The second-order valence-electron chi connectivity index (χ2n) is 4.42. The third kappa shape index (κ3) is 1.97. The smallest absolute Gasteiger partial charge is 0.168 e. The standard InChI is InChI=1S/C13H16BrFO/c1-8-9(6-7-11(8)14)10-4-3-5-12(16-2)13(10)15/h3-5,8-9,11H,6-7H2,1-2H3. The second kappa shape index (κ2) is 4.74. The minimum atomic E-state index is -0.191. The Balaban J connectivity index is 2.34. The van der Waals surface area contributed by atoms with Crippen LogP contribution in [0.5, 0.6) is 5.75 Å². The first kappa shape index (κ1) is 11.9. The van der Waals surface area contributed by atoms with Gasteiger partial charge in [0.15, 0.2) is 11.6 Å². The number of methoxy groups -OCH3 is 1. The average molecular weight is 287 g/mol. The molecule has 0 spiro atoms. The zero-order valence-electron chi connectivity index (χ0n) is 9.54. The van der Waals surface area contributed by atoms with E-state index in [0.29, 0.717) is 22.4 Å². The molecule has 3 unspecified atom stereocenters. The first-order chi connectivity index (χ1) is 7.65. The molecule has 1 aliphatic rings. The average Bonchev–Trinajstić information content (AvgIpc) is 2.61. The van der Waals surface area contributed by atoms with Gasteiger partial charge in [-0.25, -0.2) is 4.39 Å². The van der Waals surface area contributed by atoms with E-state index < -0.39 is 0 Å². The number of rotatable bonds is 2. The molecule has 2 rings (SSSR count). The van der Waals surface area contributed by atoms with Gasteiger partial charge >= 0.3 is 0 Å². The maximum Gasteiger partial charge on any atom is 0.168 e. The van der Waals surface area contributed by atoms with Gasteiger partial charge in [0.2, 0.25) is 0 Å². The predicted octanol–water partition coefficient (Wildman–Crippen LogP) is 4.11. The highest BCUT2D eigenvalue weighted by Gasteiger charge is 2.34. The van der Waals surface area contributed by atoms with Crippen LogP contribution in [0.15, 0.2) is 18.2 Å². The number of hydrogen-bond donors (Lipinski definition) is 0. The third-order valence-electron chi connectivity index (χ3n) is 3.57. The van der Waals surface area contributed by atoms with E-state index in [1.54, 1.807) is 6.07 Å². The van der Waals surface area contributed by atoms with Gasteiger partial charge in [-0.3, -0.25) is 0 Å². The molecule has 3 heteroatoms. The van der Waals surface area contributed by atoms with Crippen LogP contribution in [0.2, 0.25) is 0 Å². The van der Waals surface area contributed by atoms with Gasteiger partial charge < -0.3 is 4.74 Å².